The summed E-state index contributed by atoms with van der Waals surface area (Å²) in [5.41, 5.74) is 0. The van der Waals surface area contributed by atoms with Gasteiger partial charge in [0.15, 0.2) is 0 Å². The first-order chi connectivity index (χ1) is 6.31. The van der Waals surface area contributed by atoms with Crippen LogP contribution < -0.4 is 0 Å². The van der Waals surface area contributed by atoms with E-state index in [1.807, 2.05) is 11.8 Å². The molecule has 78 valence electrons. The van der Waals surface area contributed by atoms with Crippen molar-refractivity contribution in [1.82, 2.24) is 0 Å². The Bertz CT molecular complexity index is 128. The van der Waals surface area contributed by atoms with E-state index in [-0.39, 0.29) is 12.6 Å². The number of carbonyl (C=O) groups is 1. The molecule has 0 N–H and O–H groups in total. The molecule has 3 nitrogen and oxygen atoms in total. The first-order valence-electron chi connectivity index (χ1n) is 4.53. The fraction of sp³-hybridized carbons (Fsp3) is 0.889. The normalized spacial score (nSPS) is 10.0. The lowest BCUT2D eigenvalue weighted by Crippen LogP contribution is -2.12. The van der Waals surface area contributed by atoms with Gasteiger partial charge in [-0.1, -0.05) is 0 Å². The largest absolute Gasteiger partial charge is 0.464 e. The van der Waals surface area contributed by atoms with Crippen molar-refractivity contribution in [3.63, 3.8) is 0 Å². The minimum atomic E-state index is -0.271. The van der Waals surface area contributed by atoms with Gasteiger partial charge in [-0.05, 0) is 31.8 Å². The Morgan fingerprint density at radius 3 is 2.77 bits per heavy atom. The molecule has 13 heavy (non-hydrogen) atoms. The molecule has 0 bridgehead atoms. The fourth-order valence-electron chi connectivity index (χ4n) is 0.809. The average Bonchev–Trinajstić information content (AvgIpc) is 2.11. The summed E-state index contributed by atoms with van der Waals surface area (Å²) in [4.78, 5) is 10.8. The lowest BCUT2D eigenvalue weighted by atomic mass is 10.4. The van der Waals surface area contributed by atoms with Gasteiger partial charge in [0.1, 0.15) is 6.61 Å². The minimum absolute atomic E-state index is 0.0904. The maximum Gasteiger partial charge on any atom is 0.332 e. The lowest BCUT2D eigenvalue weighted by molar-refractivity contribution is -0.148. The van der Waals surface area contributed by atoms with Gasteiger partial charge < -0.3 is 9.47 Å². The summed E-state index contributed by atoms with van der Waals surface area (Å²) in [6.45, 7) is 2.96. The molecule has 0 aliphatic rings. The Labute approximate surface area is 84.2 Å². The van der Waals surface area contributed by atoms with Gasteiger partial charge in [-0.3, -0.25) is 0 Å². The lowest BCUT2D eigenvalue weighted by Gasteiger charge is -2.03. The van der Waals surface area contributed by atoms with Crippen molar-refractivity contribution in [3.8, 4) is 0 Å². The Balaban J connectivity index is 3.02. The number of ether oxygens (including phenoxy) is 2. The number of thioether (sulfide) groups is 1. The molecule has 0 aliphatic heterocycles. The summed E-state index contributed by atoms with van der Waals surface area (Å²) < 4.78 is 9.81. The maximum absolute atomic E-state index is 10.8. The fourth-order valence-corrected chi connectivity index (χ4v) is 1.30. The summed E-state index contributed by atoms with van der Waals surface area (Å²) >= 11 is 1.83. The molecule has 0 amide bonds. The number of hydrogen-bond acceptors (Lipinski definition) is 4. The molecule has 0 aliphatic carbocycles. The van der Waals surface area contributed by atoms with Crippen LogP contribution in [0.15, 0.2) is 0 Å². The first kappa shape index (κ1) is 12.8. The van der Waals surface area contributed by atoms with E-state index in [1.165, 1.54) is 0 Å². The highest BCUT2D eigenvalue weighted by molar-refractivity contribution is 7.98. The summed E-state index contributed by atoms with van der Waals surface area (Å²) in [6, 6.07) is 0. The van der Waals surface area contributed by atoms with E-state index in [0.717, 1.165) is 18.6 Å². The number of hydrogen-bond donors (Lipinski definition) is 0. The Kier molecular flexibility index (Phi) is 9.70. The van der Waals surface area contributed by atoms with Gasteiger partial charge in [-0.15, -0.1) is 0 Å². The average molecular weight is 206 g/mol. The molecule has 0 fully saturated rings. The SMILES string of the molecule is CCOC(=O)COCCCCSC. The smallest absolute Gasteiger partial charge is 0.332 e. The predicted octanol–water partition coefficient (Wildman–Crippen LogP) is 1.71. The van der Waals surface area contributed by atoms with Crippen LogP contribution in [0.4, 0.5) is 0 Å². The molecule has 0 atom stereocenters. The standard InChI is InChI=1S/C9H18O3S/c1-3-12-9(10)8-11-6-4-5-7-13-2/h3-8H2,1-2H3. The van der Waals surface area contributed by atoms with Crippen LogP contribution in [0.3, 0.4) is 0 Å². The van der Waals surface area contributed by atoms with Crippen LogP contribution in [-0.4, -0.2) is 37.8 Å². The quantitative estimate of drug-likeness (QED) is 0.447. The monoisotopic (exact) mass is 206 g/mol. The van der Waals surface area contributed by atoms with Crippen molar-refractivity contribution in [2.45, 2.75) is 19.8 Å². The van der Waals surface area contributed by atoms with Gasteiger partial charge in [0.05, 0.1) is 6.61 Å². The molecule has 0 saturated carbocycles. The Morgan fingerprint density at radius 2 is 2.15 bits per heavy atom. The highest BCUT2D eigenvalue weighted by Crippen LogP contribution is 1.99. The van der Waals surface area contributed by atoms with Gasteiger partial charge in [-0.25, -0.2) is 4.79 Å². The second kappa shape index (κ2) is 9.86. The predicted molar refractivity (Wildman–Crippen MR) is 55.1 cm³/mol. The van der Waals surface area contributed by atoms with E-state index >= 15 is 0 Å². The van der Waals surface area contributed by atoms with E-state index < -0.39 is 0 Å². The summed E-state index contributed by atoms with van der Waals surface area (Å²) in [5, 5.41) is 0. The summed E-state index contributed by atoms with van der Waals surface area (Å²) in [7, 11) is 0. The molecule has 0 spiro atoms. The van der Waals surface area contributed by atoms with Crippen molar-refractivity contribution in [2.75, 3.05) is 31.8 Å². The van der Waals surface area contributed by atoms with Crippen molar-refractivity contribution in [1.29, 1.82) is 0 Å². The van der Waals surface area contributed by atoms with Crippen LogP contribution in [0.5, 0.6) is 0 Å². The molecular weight excluding hydrogens is 188 g/mol. The van der Waals surface area contributed by atoms with Gasteiger partial charge in [0.2, 0.25) is 0 Å². The van der Waals surface area contributed by atoms with Crippen LogP contribution in [0, 0.1) is 0 Å². The van der Waals surface area contributed by atoms with Crippen LogP contribution in [0.25, 0.3) is 0 Å². The molecule has 0 unspecified atom stereocenters. The molecule has 0 rings (SSSR count). The molecule has 0 aromatic carbocycles. The third kappa shape index (κ3) is 9.70. The highest BCUT2D eigenvalue weighted by atomic mass is 32.2. The molecule has 4 heteroatoms. The van der Waals surface area contributed by atoms with E-state index in [4.69, 9.17) is 9.47 Å². The number of rotatable bonds is 8. The maximum atomic E-state index is 10.8. The van der Waals surface area contributed by atoms with Crippen LogP contribution in [0.1, 0.15) is 19.8 Å². The third-order valence-electron chi connectivity index (χ3n) is 1.41. The summed E-state index contributed by atoms with van der Waals surface area (Å²) in [6.07, 6.45) is 4.24. The van der Waals surface area contributed by atoms with Gasteiger partial charge >= 0.3 is 5.97 Å². The zero-order valence-corrected chi connectivity index (χ0v) is 9.19. The third-order valence-corrected chi connectivity index (χ3v) is 2.11. The van der Waals surface area contributed by atoms with E-state index in [1.54, 1.807) is 6.92 Å². The van der Waals surface area contributed by atoms with Crippen molar-refractivity contribution in [3.05, 3.63) is 0 Å². The van der Waals surface area contributed by atoms with Crippen LogP contribution >= 0.6 is 11.8 Å². The molecular formula is C9H18O3S. The van der Waals surface area contributed by atoms with Crippen molar-refractivity contribution in [2.24, 2.45) is 0 Å². The summed E-state index contributed by atoms with van der Waals surface area (Å²) in [5.74, 6) is 0.885. The highest BCUT2D eigenvalue weighted by Gasteiger charge is 1.99. The van der Waals surface area contributed by atoms with Crippen LogP contribution in [0.2, 0.25) is 0 Å². The Morgan fingerprint density at radius 1 is 1.38 bits per heavy atom. The zero-order valence-electron chi connectivity index (χ0n) is 8.38. The molecule has 0 radical (unpaired) electrons. The van der Waals surface area contributed by atoms with E-state index in [2.05, 4.69) is 6.26 Å². The van der Waals surface area contributed by atoms with E-state index in [9.17, 15) is 4.79 Å². The van der Waals surface area contributed by atoms with E-state index in [0.29, 0.717) is 13.2 Å². The molecule has 0 heterocycles. The van der Waals surface area contributed by atoms with Crippen molar-refractivity contribution < 1.29 is 14.3 Å². The Hall–Kier alpha value is -0.220. The van der Waals surface area contributed by atoms with Gasteiger partial charge in [0, 0.05) is 6.61 Å². The molecule has 0 aromatic rings. The molecule has 0 aromatic heterocycles. The zero-order chi connectivity index (χ0) is 9.94. The number of unbranched alkanes of at least 4 members (excludes halogenated alkanes) is 1. The van der Waals surface area contributed by atoms with Gasteiger partial charge in [-0.2, -0.15) is 11.8 Å². The van der Waals surface area contributed by atoms with Gasteiger partial charge in [0.25, 0.3) is 0 Å². The first-order valence-corrected chi connectivity index (χ1v) is 5.93. The second-order valence-electron chi connectivity index (χ2n) is 2.56. The number of esters is 1. The minimum Gasteiger partial charge on any atom is -0.464 e. The van der Waals surface area contributed by atoms with Crippen molar-refractivity contribution >= 4 is 17.7 Å². The molecule has 0 saturated heterocycles. The second-order valence-corrected chi connectivity index (χ2v) is 3.54. The van der Waals surface area contributed by atoms with Crippen LogP contribution in [-0.2, 0) is 14.3 Å². The number of carbonyl (C=O) groups excluding carboxylic acids is 1. The topological polar surface area (TPSA) is 35.5 Å².